The van der Waals surface area contributed by atoms with Crippen LogP contribution < -0.4 is 0 Å². The number of carbonyl (C=O) groups is 1. The maximum atomic E-state index is 11.6. The summed E-state index contributed by atoms with van der Waals surface area (Å²) in [6.45, 7) is 2.91. The molecule has 4 atom stereocenters. The van der Waals surface area contributed by atoms with Crippen molar-refractivity contribution in [2.45, 2.75) is 38.3 Å². The van der Waals surface area contributed by atoms with Crippen molar-refractivity contribution in [2.24, 2.45) is 11.8 Å². The molecule has 1 saturated carbocycles. The van der Waals surface area contributed by atoms with Crippen LogP contribution in [-0.2, 0) is 4.79 Å². The van der Waals surface area contributed by atoms with Crippen molar-refractivity contribution < 1.29 is 14.3 Å². The average Bonchev–Trinajstić information content (AvgIpc) is 3.00. The van der Waals surface area contributed by atoms with Crippen molar-refractivity contribution in [2.75, 3.05) is 6.54 Å². The van der Waals surface area contributed by atoms with Gasteiger partial charge in [0.25, 0.3) is 0 Å². The molecule has 0 aromatic carbocycles. The zero-order valence-corrected chi connectivity index (χ0v) is 12.5. The smallest absolute Gasteiger partial charge is 0.321 e. The number of rotatable bonds is 3. The van der Waals surface area contributed by atoms with E-state index < -0.39 is 5.97 Å². The Morgan fingerprint density at radius 1 is 1.53 bits per heavy atom. The topological polar surface area (TPSA) is 53.7 Å². The second kappa shape index (κ2) is 4.94. The molecular formula is C14H18BrNO3. The van der Waals surface area contributed by atoms with Gasteiger partial charge in [-0.1, -0.05) is 6.42 Å². The number of nitrogens with zero attached hydrogens (tertiary/aromatic N) is 1. The summed E-state index contributed by atoms with van der Waals surface area (Å²) in [6.07, 6.45) is 3.39. The predicted octanol–water partition coefficient (Wildman–Crippen LogP) is 3.29. The van der Waals surface area contributed by atoms with Gasteiger partial charge in [0.15, 0.2) is 4.67 Å². The van der Waals surface area contributed by atoms with E-state index in [1.165, 1.54) is 12.8 Å². The largest absolute Gasteiger partial charge is 0.480 e. The molecule has 5 heteroatoms. The van der Waals surface area contributed by atoms with Gasteiger partial charge in [-0.05, 0) is 59.7 Å². The van der Waals surface area contributed by atoms with Crippen LogP contribution in [0.2, 0.25) is 0 Å². The highest BCUT2D eigenvalue weighted by atomic mass is 79.9. The molecule has 1 aliphatic heterocycles. The van der Waals surface area contributed by atoms with Gasteiger partial charge in [0.1, 0.15) is 11.8 Å². The number of likely N-dealkylation sites (tertiary alicyclic amines) is 1. The number of aliphatic carboxylic acids is 1. The Balaban J connectivity index is 1.85. The predicted molar refractivity (Wildman–Crippen MR) is 73.8 cm³/mol. The summed E-state index contributed by atoms with van der Waals surface area (Å²) in [6, 6.07) is 3.43. The maximum absolute atomic E-state index is 11.6. The fourth-order valence-corrected chi connectivity index (χ4v) is 4.10. The third-order valence-electron chi connectivity index (χ3n) is 4.68. The molecule has 0 amide bonds. The Kier molecular flexibility index (Phi) is 3.43. The maximum Gasteiger partial charge on any atom is 0.321 e. The van der Waals surface area contributed by atoms with E-state index in [2.05, 4.69) is 20.8 Å². The highest BCUT2D eigenvalue weighted by Crippen LogP contribution is 2.45. The van der Waals surface area contributed by atoms with Gasteiger partial charge >= 0.3 is 5.97 Å². The number of halogens is 1. The van der Waals surface area contributed by atoms with E-state index in [0.717, 1.165) is 18.7 Å². The molecule has 0 spiro atoms. The van der Waals surface area contributed by atoms with Crippen LogP contribution in [0.3, 0.4) is 0 Å². The normalized spacial score (nSPS) is 32.4. The van der Waals surface area contributed by atoms with Crippen molar-refractivity contribution in [3.05, 3.63) is 22.6 Å². The van der Waals surface area contributed by atoms with Crippen molar-refractivity contribution in [3.8, 4) is 0 Å². The second-order valence-corrected chi connectivity index (χ2v) is 6.43. The molecule has 3 rings (SSSR count). The van der Waals surface area contributed by atoms with Gasteiger partial charge < -0.3 is 9.52 Å². The summed E-state index contributed by atoms with van der Waals surface area (Å²) in [5.74, 6) is 1.00. The molecule has 2 heterocycles. The third-order valence-corrected chi connectivity index (χ3v) is 5.11. The van der Waals surface area contributed by atoms with E-state index in [9.17, 15) is 9.90 Å². The first-order valence-corrected chi connectivity index (χ1v) is 7.61. The van der Waals surface area contributed by atoms with Gasteiger partial charge in [-0.3, -0.25) is 9.69 Å². The monoisotopic (exact) mass is 327 g/mol. The van der Waals surface area contributed by atoms with Gasteiger partial charge in [0.2, 0.25) is 0 Å². The van der Waals surface area contributed by atoms with Crippen molar-refractivity contribution >= 4 is 21.9 Å². The number of fused-ring (bicyclic) bond motifs is 1. The molecule has 1 aromatic heterocycles. The van der Waals surface area contributed by atoms with Crippen LogP contribution in [-0.4, -0.2) is 28.6 Å². The first kappa shape index (κ1) is 13.2. The molecule has 1 N–H and O–H groups in total. The molecule has 4 nitrogen and oxygen atoms in total. The van der Waals surface area contributed by atoms with Crippen LogP contribution >= 0.6 is 15.9 Å². The minimum Gasteiger partial charge on any atom is -0.480 e. The van der Waals surface area contributed by atoms with Gasteiger partial charge in [-0.15, -0.1) is 0 Å². The Bertz CT molecular complexity index is 487. The SMILES string of the molecule is CC(c1ccc(Br)o1)N1CC2CCCC2C1C(=O)O. The number of carboxylic acid groups (broad SMARTS) is 1. The lowest BCUT2D eigenvalue weighted by Crippen LogP contribution is -2.40. The molecular weight excluding hydrogens is 310 g/mol. The fraction of sp³-hybridized carbons (Fsp3) is 0.643. The molecule has 0 radical (unpaired) electrons. The zero-order valence-electron chi connectivity index (χ0n) is 10.9. The molecule has 1 aromatic rings. The van der Waals surface area contributed by atoms with E-state index in [1.54, 1.807) is 0 Å². The Hall–Kier alpha value is -0.810. The minimum atomic E-state index is -0.688. The van der Waals surface area contributed by atoms with Crippen LogP contribution in [0, 0.1) is 11.8 Å². The lowest BCUT2D eigenvalue weighted by molar-refractivity contribution is -0.144. The Labute approximate surface area is 120 Å². The number of furan rings is 1. The van der Waals surface area contributed by atoms with E-state index in [1.807, 2.05) is 19.1 Å². The number of hydrogen-bond acceptors (Lipinski definition) is 3. The summed E-state index contributed by atoms with van der Waals surface area (Å²) >= 11 is 3.30. The van der Waals surface area contributed by atoms with Gasteiger partial charge in [0.05, 0.1) is 6.04 Å². The first-order valence-electron chi connectivity index (χ1n) is 6.81. The average molecular weight is 328 g/mol. The lowest BCUT2D eigenvalue weighted by atomic mass is 9.94. The molecule has 1 saturated heterocycles. The summed E-state index contributed by atoms with van der Waals surface area (Å²) in [5.41, 5.74) is 0. The fourth-order valence-electron chi connectivity index (χ4n) is 3.78. The van der Waals surface area contributed by atoms with E-state index >= 15 is 0 Å². The van der Waals surface area contributed by atoms with Crippen LogP contribution in [0.4, 0.5) is 0 Å². The van der Waals surface area contributed by atoms with Crippen molar-refractivity contribution in [1.82, 2.24) is 4.90 Å². The van der Waals surface area contributed by atoms with Crippen LogP contribution in [0.25, 0.3) is 0 Å². The van der Waals surface area contributed by atoms with Crippen LogP contribution in [0.15, 0.2) is 21.2 Å². The van der Waals surface area contributed by atoms with Crippen molar-refractivity contribution in [1.29, 1.82) is 0 Å². The second-order valence-electron chi connectivity index (χ2n) is 5.65. The minimum absolute atomic E-state index is 0.0120. The number of hydrogen-bond donors (Lipinski definition) is 1. The zero-order chi connectivity index (χ0) is 13.6. The molecule has 104 valence electrons. The molecule has 19 heavy (non-hydrogen) atoms. The molecule has 2 fully saturated rings. The van der Waals surface area contributed by atoms with Crippen LogP contribution in [0.5, 0.6) is 0 Å². The van der Waals surface area contributed by atoms with Crippen LogP contribution in [0.1, 0.15) is 38.0 Å². The highest BCUT2D eigenvalue weighted by molar-refractivity contribution is 9.10. The third kappa shape index (κ3) is 2.23. The molecule has 0 bridgehead atoms. The first-order chi connectivity index (χ1) is 9.08. The quantitative estimate of drug-likeness (QED) is 0.925. The highest BCUT2D eigenvalue weighted by Gasteiger charge is 2.49. The molecule has 4 unspecified atom stereocenters. The molecule has 1 aliphatic carbocycles. The number of carboxylic acids is 1. The summed E-state index contributed by atoms with van der Waals surface area (Å²) < 4.78 is 6.28. The van der Waals surface area contributed by atoms with Crippen molar-refractivity contribution in [3.63, 3.8) is 0 Å². The van der Waals surface area contributed by atoms with E-state index in [-0.39, 0.29) is 12.1 Å². The Morgan fingerprint density at radius 2 is 2.32 bits per heavy atom. The van der Waals surface area contributed by atoms with E-state index in [0.29, 0.717) is 16.5 Å². The van der Waals surface area contributed by atoms with E-state index in [4.69, 9.17) is 4.42 Å². The molecule has 2 aliphatic rings. The van der Waals surface area contributed by atoms with Gasteiger partial charge in [-0.25, -0.2) is 0 Å². The summed E-state index contributed by atoms with van der Waals surface area (Å²) in [7, 11) is 0. The summed E-state index contributed by atoms with van der Waals surface area (Å²) in [5, 5.41) is 9.55. The summed E-state index contributed by atoms with van der Waals surface area (Å²) in [4.78, 5) is 13.7. The standard InChI is InChI=1S/C14H18BrNO3/c1-8(11-5-6-12(15)19-11)16-7-9-3-2-4-10(9)13(16)14(17)18/h5-6,8-10,13H,2-4,7H2,1H3,(H,17,18). The Morgan fingerprint density at radius 3 is 2.95 bits per heavy atom. The van der Waals surface area contributed by atoms with Gasteiger partial charge in [0, 0.05) is 6.54 Å². The lowest BCUT2D eigenvalue weighted by Gasteiger charge is -2.28. The van der Waals surface area contributed by atoms with Gasteiger partial charge in [-0.2, -0.15) is 0 Å².